The fourth-order valence-electron chi connectivity index (χ4n) is 0.0945. The van der Waals surface area contributed by atoms with Crippen molar-refractivity contribution in [3.8, 4) is 12.3 Å². The average molecular weight is 160 g/mol. The van der Waals surface area contributed by atoms with Crippen LogP contribution in [0.5, 0.6) is 0 Å². The van der Waals surface area contributed by atoms with Crippen molar-refractivity contribution >= 4 is 12.4 Å². The molecule has 0 aliphatic heterocycles. The fourth-order valence-corrected chi connectivity index (χ4v) is 0.0945. The summed E-state index contributed by atoms with van der Waals surface area (Å²) in [6.07, 6.45) is -0.0865. The number of alkyl halides is 3. The Bertz CT molecular complexity index is 114. The maximum Gasteiger partial charge on any atom is 0.414 e. The molecule has 0 amide bonds. The first-order valence-corrected chi connectivity index (χ1v) is 1.77. The Labute approximate surface area is 56.8 Å². The van der Waals surface area contributed by atoms with E-state index in [2.05, 4.69) is 12.2 Å². The minimum atomic E-state index is -4.45. The lowest BCUT2D eigenvalue weighted by atomic mass is 10.3. The molecule has 5 heteroatoms. The van der Waals surface area contributed by atoms with E-state index in [0.717, 1.165) is 0 Å². The molecule has 0 radical (unpaired) electrons. The van der Waals surface area contributed by atoms with Gasteiger partial charge in [-0.3, -0.25) is 0 Å². The molecule has 1 unspecified atom stereocenters. The van der Waals surface area contributed by atoms with Gasteiger partial charge in [0, 0.05) is 0 Å². The molecule has 0 rings (SSSR count). The van der Waals surface area contributed by atoms with Gasteiger partial charge in [0.1, 0.15) is 0 Å². The predicted octanol–water partition coefficient (Wildman–Crippen LogP) is 0.931. The molecule has 54 valence electrons. The van der Waals surface area contributed by atoms with Crippen LogP contribution in [0.3, 0.4) is 0 Å². The van der Waals surface area contributed by atoms with Crippen LogP contribution in [0.4, 0.5) is 13.2 Å². The molecule has 0 fully saturated rings. The third kappa shape index (κ3) is 4.13. The topological polar surface area (TPSA) is 26.0 Å². The van der Waals surface area contributed by atoms with Crippen LogP contribution < -0.4 is 5.73 Å². The van der Waals surface area contributed by atoms with Crippen molar-refractivity contribution in [2.45, 2.75) is 12.2 Å². The van der Waals surface area contributed by atoms with Crippen molar-refractivity contribution in [3.63, 3.8) is 0 Å². The largest absolute Gasteiger partial charge is 0.414 e. The summed E-state index contributed by atoms with van der Waals surface area (Å²) >= 11 is 0. The van der Waals surface area contributed by atoms with E-state index in [9.17, 15) is 13.2 Å². The molecule has 0 aliphatic rings. The van der Waals surface area contributed by atoms with E-state index in [4.69, 9.17) is 0 Å². The van der Waals surface area contributed by atoms with Gasteiger partial charge in [0.25, 0.3) is 0 Å². The summed E-state index contributed by atoms with van der Waals surface area (Å²) in [5.74, 6) is 1.36. The Morgan fingerprint density at radius 3 is 1.78 bits per heavy atom. The molecule has 9 heavy (non-hydrogen) atoms. The van der Waals surface area contributed by atoms with Gasteiger partial charge in [-0.1, -0.05) is 5.92 Å². The summed E-state index contributed by atoms with van der Waals surface area (Å²) in [5.41, 5.74) is 4.39. The normalized spacial score (nSPS) is 13.2. The molecular weight excluding hydrogens is 154 g/mol. The van der Waals surface area contributed by atoms with Gasteiger partial charge in [-0.25, -0.2) is 0 Å². The quantitative estimate of drug-likeness (QED) is 0.523. The van der Waals surface area contributed by atoms with Crippen molar-refractivity contribution in [3.05, 3.63) is 0 Å². The number of hydrogen-bond donors (Lipinski definition) is 1. The van der Waals surface area contributed by atoms with Crippen molar-refractivity contribution in [1.82, 2.24) is 0 Å². The summed E-state index contributed by atoms with van der Waals surface area (Å²) in [6.45, 7) is 0. The highest BCUT2D eigenvalue weighted by molar-refractivity contribution is 5.85. The van der Waals surface area contributed by atoms with Crippen molar-refractivity contribution in [2.24, 2.45) is 5.73 Å². The highest BCUT2D eigenvalue weighted by Gasteiger charge is 2.34. The van der Waals surface area contributed by atoms with Gasteiger partial charge in [-0.05, 0) is 0 Å². The molecular formula is C4H5ClF3N. The van der Waals surface area contributed by atoms with E-state index in [1.54, 1.807) is 0 Å². The predicted molar refractivity (Wildman–Crippen MR) is 30.1 cm³/mol. The number of terminal acetylenes is 1. The lowest BCUT2D eigenvalue weighted by Gasteiger charge is -2.07. The van der Waals surface area contributed by atoms with Crippen molar-refractivity contribution < 1.29 is 13.2 Å². The zero-order chi connectivity index (χ0) is 6.78. The van der Waals surface area contributed by atoms with Crippen LogP contribution in [0.15, 0.2) is 0 Å². The van der Waals surface area contributed by atoms with Crippen LogP contribution in [0.25, 0.3) is 0 Å². The molecule has 1 nitrogen and oxygen atoms in total. The van der Waals surface area contributed by atoms with Gasteiger partial charge in [-0.15, -0.1) is 18.8 Å². The molecule has 0 bridgehead atoms. The Hall–Kier alpha value is -0.400. The van der Waals surface area contributed by atoms with Gasteiger partial charge in [0.2, 0.25) is 0 Å². The molecule has 0 saturated carbocycles. The van der Waals surface area contributed by atoms with Gasteiger partial charge in [0.15, 0.2) is 6.04 Å². The summed E-state index contributed by atoms with van der Waals surface area (Å²) in [5, 5.41) is 0. The Morgan fingerprint density at radius 1 is 1.44 bits per heavy atom. The summed E-state index contributed by atoms with van der Waals surface area (Å²) in [6, 6.07) is -2.12. The molecule has 0 saturated heterocycles. The van der Waals surface area contributed by atoms with Gasteiger partial charge in [-0.2, -0.15) is 13.2 Å². The van der Waals surface area contributed by atoms with E-state index in [0.29, 0.717) is 0 Å². The third-order valence-corrected chi connectivity index (χ3v) is 0.532. The molecule has 2 N–H and O–H groups in total. The first kappa shape index (κ1) is 11.4. The Kier molecular flexibility index (Phi) is 4.55. The average Bonchev–Trinajstić information content (AvgIpc) is 1.62. The van der Waals surface area contributed by atoms with E-state index in [-0.39, 0.29) is 12.4 Å². The Morgan fingerprint density at radius 2 is 1.78 bits per heavy atom. The number of nitrogens with two attached hydrogens (primary N) is 1. The van der Waals surface area contributed by atoms with Crippen LogP contribution in [-0.2, 0) is 0 Å². The second kappa shape index (κ2) is 3.59. The summed E-state index contributed by atoms with van der Waals surface area (Å²) < 4.78 is 33.5. The molecule has 0 spiro atoms. The second-order valence-electron chi connectivity index (χ2n) is 1.19. The van der Waals surface area contributed by atoms with Crippen molar-refractivity contribution in [1.29, 1.82) is 0 Å². The monoisotopic (exact) mass is 159 g/mol. The van der Waals surface area contributed by atoms with E-state index >= 15 is 0 Å². The Balaban J connectivity index is 0. The van der Waals surface area contributed by atoms with E-state index < -0.39 is 12.2 Å². The zero-order valence-electron chi connectivity index (χ0n) is 4.27. The smallest absolute Gasteiger partial charge is 0.310 e. The molecule has 0 heterocycles. The van der Waals surface area contributed by atoms with Crippen LogP contribution in [0.2, 0.25) is 0 Å². The SMILES string of the molecule is C#CC(N)C(F)(F)F.Cl. The van der Waals surface area contributed by atoms with Crippen LogP contribution in [0, 0.1) is 12.3 Å². The van der Waals surface area contributed by atoms with Crippen LogP contribution in [-0.4, -0.2) is 12.2 Å². The molecule has 0 aromatic rings. The third-order valence-electron chi connectivity index (χ3n) is 0.532. The van der Waals surface area contributed by atoms with Crippen molar-refractivity contribution in [2.75, 3.05) is 0 Å². The first-order valence-electron chi connectivity index (χ1n) is 1.77. The van der Waals surface area contributed by atoms with Gasteiger partial charge in [0.05, 0.1) is 0 Å². The number of halogens is 4. The number of hydrogen-bond acceptors (Lipinski definition) is 1. The fraction of sp³-hybridized carbons (Fsp3) is 0.500. The summed E-state index contributed by atoms with van der Waals surface area (Å²) in [7, 11) is 0. The van der Waals surface area contributed by atoms with Crippen LogP contribution >= 0.6 is 12.4 Å². The minimum absolute atomic E-state index is 0. The minimum Gasteiger partial charge on any atom is -0.310 e. The maximum atomic E-state index is 11.2. The summed E-state index contributed by atoms with van der Waals surface area (Å²) in [4.78, 5) is 0. The first-order chi connectivity index (χ1) is 3.48. The highest BCUT2D eigenvalue weighted by atomic mass is 35.5. The van der Waals surface area contributed by atoms with Crippen LogP contribution in [0.1, 0.15) is 0 Å². The lowest BCUT2D eigenvalue weighted by Crippen LogP contribution is -2.35. The van der Waals surface area contributed by atoms with Gasteiger partial charge >= 0.3 is 6.18 Å². The lowest BCUT2D eigenvalue weighted by molar-refractivity contribution is -0.134. The zero-order valence-corrected chi connectivity index (χ0v) is 5.09. The molecule has 0 aromatic carbocycles. The standard InChI is InChI=1S/C4H4F3N.ClH/c1-2-3(8)4(5,6)7;/h1,3H,8H2;1H. The highest BCUT2D eigenvalue weighted by Crippen LogP contribution is 2.16. The molecule has 0 aromatic heterocycles. The van der Waals surface area contributed by atoms with E-state index in [1.807, 2.05) is 0 Å². The molecule has 1 atom stereocenters. The maximum absolute atomic E-state index is 11.2. The van der Waals surface area contributed by atoms with E-state index in [1.165, 1.54) is 5.92 Å². The van der Waals surface area contributed by atoms with Gasteiger partial charge < -0.3 is 5.73 Å². The second-order valence-corrected chi connectivity index (χ2v) is 1.19. The number of rotatable bonds is 0. The molecule has 0 aliphatic carbocycles.